The number of ketones is 1. The molecule has 0 aliphatic heterocycles. The SMILES string of the molecule is O=C(COc1ccc2c(=O)c(-c3ccccc3)c(C(F)(F)F)oc2c1)c1ccc(Br)cc1. The van der Waals surface area contributed by atoms with Gasteiger partial charge in [0.15, 0.2) is 12.4 Å². The zero-order valence-corrected chi connectivity index (χ0v) is 17.9. The maximum absolute atomic E-state index is 13.7. The van der Waals surface area contributed by atoms with E-state index in [-0.39, 0.29) is 34.7 Å². The molecule has 8 heteroatoms. The largest absolute Gasteiger partial charge is 0.485 e. The van der Waals surface area contributed by atoms with Gasteiger partial charge in [0, 0.05) is 16.1 Å². The summed E-state index contributed by atoms with van der Waals surface area (Å²) in [5, 5.41) is -0.0246. The van der Waals surface area contributed by atoms with Crippen molar-refractivity contribution in [2.24, 2.45) is 0 Å². The molecule has 1 aromatic heterocycles. The van der Waals surface area contributed by atoms with Crippen molar-refractivity contribution in [2.75, 3.05) is 6.61 Å². The number of Topliss-reactive ketones (excluding diaryl/α,β-unsaturated/α-hetero) is 1. The highest BCUT2D eigenvalue weighted by molar-refractivity contribution is 9.10. The third kappa shape index (κ3) is 4.45. The van der Waals surface area contributed by atoms with Crippen molar-refractivity contribution in [1.82, 2.24) is 0 Å². The summed E-state index contributed by atoms with van der Waals surface area (Å²) in [4.78, 5) is 25.2. The molecule has 0 spiro atoms. The van der Waals surface area contributed by atoms with Gasteiger partial charge in [-0.15, -0.1) is 0 Å². The molecule has 0 saturated heterocycles. The van der Waals surface area contributed by atoms with Crippen molar-refractivity contribution in [3.05, 3.63) is 98.8 Å². The van der Waals surface area contributed by atoms with Crippen LogP contribution in [0.25, 0.3) is 22.1 Å². The van der Waals surface area contributed by atoms with E-state index in [0.29, 0.717) is 5.56 Å². The molecule has 4 nitrogen and oxygen atoms in total. The lowest BCUT2D eigenvalue weighted by Crippen LogP contribution is -2.16. The quantitative estimate of drug-likeness (QED) is 0.292. The highest BCUT2D eigenvalue weighted by Crippen LogP contribution is 2.37. The standard InChI is InChI=1S/C24H14BrF3O4/c25-16-8-6-14(7-9-16)19(29)13-31-17-10-11-18-20(12-17)32-23(24(26,27)28)21(22(18)30)15-4-2-1-3-5-15/h1-12H,13H2. The molecule has 162 valence electrons. The van der Waals surface area contributed by atoms with E-state index in [1.54, 1.807) is 42.5 Å². The first-order chi connectivity index (χ1) is 15.2. The van der Waals surface area contributed by atoms with Crippen LogP contribution in [-0.2, 0) is 6.18 Å². The number of alkyl halides is 3. The summed E-state index contributed by atoms with van der Waals surface area (Å²) < 4.78 is 52.5. The zero-order chi connectivity index (χ0) is 22.9. The van der Waals surface area contributed by atoms with Crippen LogP contribution >= 0.6 is 15.9 Å². The number of benzene rings is 3. The predicted octanol–water partition coefficient (Wildman–Crippen LogP) is 6.50. The molecule has 0 saturated carbocycles. The van der Waals surface area contributed by atoms with Gasteiger partial charge in [-0.1, -0.05) is 58.4 Å². The minimum atomic E-state index is -4.88. The van der Waals surface area contributed by atoms with Crippen LogP contribution < -0.4 is 10.2 Å². The van der Waals surface area contributed by atoms with E-state index in [9.17, 15) is 22.8 Å². The van der Waals surface area contributed by atoms with Crippen LogP contribution in [0.4, 0.5) is 13.2 Å². The summed E-state index contributed by atoms with van der Waals surface area (Å²) in [7, 11) is 0. The maximum Gasteiger partial charge on any atom is 0.450 e. The number of carbonyl (C=O) groups excluding carboxylic acids is 1. The molecule has 1 heterocycles. The molecule has 0 unspecified atom stereocenters. The van der Waals surface area contributed by atoms with Crippen molar-refractivity contribution < 1.29 is 27.1 Å². The third-order valence-electron chi connectivity index (χ3n) is 4.72. The molecule has 0 bridgehead atoms. The third-order valence-corrected chi connectivity index (χ3v) is 5.25. The molecule has 0 N–H and O–H groups in total. The van der Waals surface area contributed by atoms with E-state index >= 15 is 0 Å². The van der Waals surface area contributed by atoms with E-state index in [4.69, 9.17) is 9.15 Å². The lowest BCUT2D eigenvalue weighted by atomic mass is 10.0. The van der Waals surface area contributed by atoms with E-state index in [2.05, 4.69) is 15.9 Å². The van der Waals surface area contributed by atoms with Gasteiger partial charge in [-0.05, 0) is 29.8 Å². The molecule has 4 aromatic rings. The van der Waals surface area contributed by atoms with Gasteiger partial charge in [-0.25, -0.2) is 0 Å². The summed E-state index contributed by atoms with van der Waals surface area (Å²) in [6, 6.07) is 18.1. The molecular formula is C24H14BrF3O4. The zero-order valence-electron chi connectivity index (χ0n) is 16.3. The molecule has 0 aliphatic rings. The first-order valence-corrected chi connectivity index (χ1v) is 10.2. The Balaban J connectivity index is 1.70. The Hall–Kier alpha value is -3.39. The Morgan fingerprint density at radius 2 is 1.66 bits per heavy atom. The number of ether oxygens (including phenoxy) is 1. The van der Waals surface area contributed by atoms with Crippen LogP contribution in [0.1, 0.15) is 16.1 Å². The number of fused-ring (bicyclic) bond motifs is 1. The van der Waals surface area contributed by atoms with Crippen molar-refractivity contribution in [1.29, 1.82) is 0 Å². The van der Waals surface area contributed by atoms with Crippen LogP contribution in [-0.4, -0.2) is 12.4 Å². The average molecular weight is 503 g/mol. The van der Waals surface area contributed by atoms with Gasteiger partial charge in [-0.2, -0.15) is 13.2 Å². The fraction of sp³-hybridized carbons (Fsp3) is 0.0833. The molecule has 32 heavy (non-hydrogen) atoms. The van der Waals surface area contributed by atoms with E-state index in [0.717, 1.165) is 4.47 Å². The molecule has 0 amide bonds. The second-order valence-corrected chi connectivity index (χ2v) is 7.79. The Morgan fingerprint density at radius 3 is 2.31 bits per heavy atom. The first kappa shape index (κ1) is 21.8. The molecular weight excluding hydrogens is 489 g/mol. The second kappa shape index (κ2) is 8.63. The van der Waals surface area contributed by atoms with Crippen molar-refractivity contribution in [3.63, 3.8) is 0 Å². The Labute approximate surface area is 188 Å². The summed E-state index contributed by atoms with van der Waals surface area (Å²) in [6.45, 7) is -0.328. The highest BCUT2D eigenvalue weighted by Gasteiger charge is 2.39. The van der Waals surface area contributed by atoms with Crippen LogP contribution in [0.15, 0.2) is 86.5 Å². The summed E-state index contributed by atoms with van der Waals surface area (Å²) >= 11 is 3.28. The van der Waals surface area contributed by atoms with Crippen LogP contribution in [0.2, 0.25) is 0 Å². The van der Waals surface area contributed by atoms with Crippen LogP contribution in [0.5, 0.6) is 5.75 Å². The fourth-order valence-electron chi connectivity index (χ4n) is 3.20. The predicted molar refractivity (Wildman–Crippen MR) is 117 cm³/mol. The smallest absolute Gasteiger partial charge is 0.450 e. The maximum atomic E-state index is 13.7. The van der Waals surface area contributed by atoms with Gasteiger partial charge in [0.2, 0.25) is 11.2 Å². The van der Waals surface area contributed by atoms with Crippen LogP contribution in [0, 0.1) is 0 Å². The monoisotopic (exact) mass is 502 g/mol. The number of hydrogen-bond acceptors (Lipinski definition) is 4. The van der Waals surface area contributed by atoms with Gasteiger partial charge in [0.05, 0.1) is 10.9 Å². The Bertz CT molecular complexity index is 1340. The number of carbonyl (C=O) groups is 1. The normalized spacial score (nSPS) is 11.5. The minimum absolute atomic E-state index is 0.0246. The average Bonchev–Trinajstić information content (AvgIpc) is 2.77. The molecule has 0 aliphatic carbocycles. The summed E-state index contributed by atoms with van der Waals surface area (Å²) in [5.41, 5.74) is -1.11. The van der Waals surface area contributed by atoms with Gasteiger partial charge in [0.1, 0.15) is 11.3 Å². The number of hydrogen-bond donors (Lipinski definition) is 0. The van der Waals surface area contributed by atoms with E-state index < -0.39 is 22.9 Å². The number of halogens is 4. The Kier molecular flexibility index (Phi) is 5.88. The molecule has 0 atom stereocenters. The molecule has 0 radical (unpaired) electrons. The van der Waals surface area contributed by atoms with Crippen molar-refractivity contribution in [2.45, 2.75) is 6.18 Å². The summed E-state index contributed by atoms with van der Waals surface area (Å²) in [5.74, 6) is -1.59. The minimum Gasteiger partial charge on any atom is -0.485 e. The fourth-order valence-corrected chi connectivity index (χ4v) is 3.46. The van der Waals surface area contributed by atoms with Crippen LogP contribution in [0.3, 0.4) is 0 Å². The Morgan fingerprint density at radius 1 is 0.969 bits per heavy atom. The molecule has 4 rings (SSSR count). The van der Waals surface area contributed by atoms with Gasteiger partial charge >= 0.3 is 6.18 Å². The van der Waals surface area contributed by atoms with E-state index in [1.807, 2.05) is 0 Å². The van der Waals surface area contributed by atoms with Gasteiger partial charge in [-0.3, -0.25) is 9.59 Å². The molecule has 0 fully saturated rings. The number of rotatable bonds is 5. The van der Waals surface area contributed by atoms with Crippen molar-refractivity contribution >= 4 is 32.7 Å². The lowest BCUT2D eigenvalue weighted by molar-refractivity contribution is -0.152. The summed E-state index contributed by atoms with van der Waals surface area (Å²) in [6.07, 6.45) is -4.88. The van der Waals surface area contributed by atoms with Crippen molar-refractivity contribution in [3.8, 4) is 16.9 Å². The second-order valence-electron chi connectivity index (χ2n) is 6.88. The highest BCUT2D eigenvalue weighted by atomic mass is 79.9. The molecule has 3 aromatic carbocycles. The van der Waals surface area contributed by atoms with Gasteiger partial charge < -0.3 is 9.15 Å². The lowest BCUT2D eigenvalue weighted by Gasteiger charge is -2.13. The van der Waals surface area contributed by atoms with E-state index in [1.165, 1.54) is 30.3 Å². The first-order valence-electron chi connectivity index (χ1n) is 9.39. The topological polar surface area (TPSA) is 56.5 Å². The van der Waals surface area contributed by atoms with Gasteiger partial charge in [0.25, 0.3) is 0 Å².